The molecule has 2 aromatic rings. The molecule has 0 saturated heterocycles. The zero-order chi connectivity index (χ0) is 14.7. The van der Waals surface area contributed by atoms with E-state index in [1.165, 1.54) is 17.0 Å². The Bertz CT molecular complexity index is 598. The van der Waals surface area contributed by atoms with E-state index in [2.05, 4.69) is 28.2 Å². The minimum atomic E-state index is -0.815. The first-order chi connectivity index (χ1) is 9.52. The Kier molecular flexibility index (Phi) is 5.29. The lowest BCUT2D eigenvalue weighted by molar-refractivity contribution is 0.503. The van der Waals surface area contributed by atoms with Gasteiger partial charge in [-0.15, -0.1) is 11.3 Å². The summed E-state index contributed by atoms with van der Waals surface area (Å²) in [5.74, 6) is -1.63. The SMILES string of the molecule is CCCNC(c1ccc(F)c(F)c1)c1sc(C)cc1Br. The van der Waals surface area contributed by atoms with Crippen LogP contribution in [0.1, 0.15) is 34.7 Å². The standard InChI is InChI=1S/C15H16BrF2NS/c1-3-6-19-14(15-11(16)7-9(2)20-15)10-4-5-12(17)13(18)8-10/h4-5,7-8,14,19H,3,6H2,1-2H3. The summed E-state index contributed by atoms with van der Waals surface area (Å²) in [6.45, 7) is 4.91. The lowest BCUT2D eigenvalue weighted by Crippen LogP contribution is -2.22. The van der Waals surface area contributed by atoms with E-state index in [1.807, 2.05) is 13.0 Å². The smallest absolute Gasteiger partial charge is 0.159 e. The number of nitrogens with one attached hydrogen (secondary N) is 1. The summed E-state index contributed by atoms with van der Waals surface area (Å²) in [4.78, 5) is 2.26. The lowest BCUT2D eigenvalue weighted by atomic mass is 10.0. The van der Waals surface area contributed by atoms with Crippen LogP contribution in [0.15, 0.2) is 28.7 Å². The molecule has 0 bridgehead atoms. The Labute approximate surface area is 130 Å². The van der Waals surface area contributed by atoms with Crippen molar-refractivity contribution < 1.29 is 8.78 Å². The van der Waals surface area contributed by atoms with E-state index in [4.69, 9.17) is 0 Å². The van der Waals surface area contributed by atoms with Crippen molar-refractivity contribution in [3.8, 4) is 0 Å². The minimum absolute atomic E-state index is 0.127. The van der Waals surface area contributed by atoms with Gasteiger partial charge in [0, 0.05) is 14.2 Å². The molecular weight excluding hydrogens is 344 g/mol. The number of aryl methyl sites for hydroxylation is 1. The van der Waals surface area contributed by atoms with Gasteiger partial charge in [-0.25, -0.2) is 8.78 Å². The van der Waals surface area contributed by atoms with E-state index in [0.29, 0.717) is 0 Å². The second kappa shape index (κ2) is 6.78. The molecule has 0 aliphatic carbocycles. The molecule has 108 valence electrons. The molecule has 5 heteroatoms. The third kappa shape index (κ3) is 3.45. The van der Waals surface area contributed by atoms with Crippen molar-refractivity contribution in [1.29, 1.82) is 0 Å². The van der Waals surface area contributed by atoms with E-state index in [9.17, 15) is 8.78 Å². The van der Waals surface area contributed by atoms with Crippen LogP contribution in [0.2, 0.25) is 0 Å². The van der Waals surface area contributed by atoms with Crippen LogP contribution in [0.25, 0.3) is 0 Å². The molecule has 1 nitrogen and oxygen atoms in total. The van der Waals surface area contributed by atoms with E-state index < -0.39 is 11.6 Å². The van der Waals surface area contributed by atoms with Gasteiger partial charge in [0.15, 0.2) is 11.6 Å². The fourth-order valence-electron chi connectivity index (χ4n) is 2.04. The normalized spacial score (nSPS) is 12.7. The molecule has 1 atom stereocenters. The Hall–Kier alpha value is -0.780. The maximum Gasteiger partial charge on any atom is 0.159 e. The van der Waals surface area contributed by atoms with Crippen LogP contribution in [-0.2, 0) is 0 Å². The molecule has 0 fully saturated rings. The number of hydrogen-bond acceptors (Lipinski definition) is 2. The monoisotopic (exact) mass is 359 g/mol. The highest BCUT2D eigenvalue weighted by atomic mass is 79.9. The highest BCUT2D eigenvalue weighted by molar-refractivity contribution is 9.10. The van der Waals surface area contributed by atoms with Gasteiger partial charge < -0.3 is 5.32 Å². The topological polar surface area (TPSA) is 12.0 Å². The zero-order valence-electron chi connectivity index (χ0n) is 11.3. The molecule has 1 N–H and O–H groups in total. The molecule has 1 aromatic carbocycles. The van der Waals surface area contributed by atoms with Crippen LogP contribution in [0.5, 0.6) is 0 Å². The molecule has 0 aliphatic heterocycles. The second-order valence-electron chi connectivity index (χ2n) is 4.63. The zero-order valence-corrected chi connectivity index (χ0v) is 13.7. The van der Waals surface area contributed by atoms with Crippen molar-refractivity contribution in [2.24, 2.45) is 0 Å². The van der Waals surface area contributed by atoms with Crippen molar-refractivity contribution in [3.63, 3.8) is 0 Å². The number of halogens is 3. The van der Waals surface area contributed by atoms with Crippen molar-refractivity contribution >= 4 is 27.3 Å². The average Bonchev–Trinajstić information content (AvgIpc) is 2.73. The largest absolute Gasteiger partial charge is 0.306 e. The van der Waals surface area contributed by atoms with E-state index in [0.717, 1.165) is 27.9 Å². The van der Waals surface area contributed by atoms with Crippen molar-refractivity contribution in [3.05, 3.63) is 55.7 Å². The molecule has 1 unspecified atom stereocenters. The van der Waals surface area contributed by atoms with Gasteiger partial charge in [0.25, 0.3) is 0 Å². The third-order valence-electron chi connectivity index (χ3n) is 2.97. The first kappa shape index (κ1) is 15.6. The minimum Gasteiger partial charge on any atom is -0.306 e. The van der Waals surface area contributed by atoms with Crippen molar-refractivity contribution in [2.75, 3.05) is 6.54 Å². The van der Waals surface area contributed by atoms with E-state index >= 15 is 0 Å². The molecule has 20 heavy (non-hydrogen) atoms. The maximum absolute atomic E-state index is 13.5. The maximum atomic E-state index is 13.5. The van der Waals surface area contributed by atoms with Crippen LogP contribution < -0.4 is 5.32 Å². The summed E-state index contributed by atoms with van der Waals surface area (Å²) in [6, 6.07) is 6.00. The van der Waals surface area contributed by atoms with Crippen molar-refractivity contribution in [1.82, 2.24) is 5.32 Å². The van der Waals surface area contributed by atoms with Gasteiger partial charge in [-0.2, -0.15) is 0 Å². The van der Waals surface area contributed by atoms with E-state index in [-0.39, 0.29) is 6.04 Å². The molecule has 1 heterocycles. The second-order valence-corrected chi connectivity index (χ2v) is 6.77. The molecule has 1 aromatic heterocycles. The van der Waals surface area contributed by atoms with Gasteiger partial charge in [0.2, 0.25) is 0 Å². The average molecular weight is 360 g/mol. The number of benzene rings is 1. The fraction of sp³-hybridized carbons (Fsp3) is 0.333. The Morgan fingerprint density at radius 1 is 1.25 bits per heavy atom. The lowest BCUT2D eigenvalue weighted by Gasteiger charge is -2.18. The molecular formula is C15H16BrF2NS. The summed E-state index contributed by atoms with van der Waals surface area (Å²) in [5.41, 5.74) is 0.736. The molecule has 0 spiro atoms. The van der Waals surface area contributed by atoms with Gasteiger partial charge >= 0.3 is 0 Å². The van der Waals surface area contributed by atoms with E-state index in [1.54, 1.807) is 17.4 Å². The number of hydrogen-bond donors (Lipinski definition) is 1. The molecule has 2 rings (SSSR count). The van der Waals surface area contributed by atoms with Gasteiger partial charge in [0.05, 0.1) is 6.04 Å². The summed E-state index contributed by atoms with van der Waals surface area (Å²) in [6.07, 6.45) is 0.974. The molecule has 0 aliphatic rings. The van der Waals surface area contributed by atoms with Gasteiger partial charge in [-0.3, -0.25) is 0 Å². The summed E-state index contributed by atoms with van der Waals surface area (Å²) in [7, 11) is 0. The highest BCUT2D eigenvalue weighted by Gasteiger charge is 2.20. The quantitative estimate of drug-likeness (QED) is 0.774. The first-order valence-electron chi connectivity index (χ1n) is 6.47. The highest BCUT2D eigenvalue weighted by Crippen LogP contribution is 2.35. The van der Waals surface area contributed by atoms with Crippen molar-refractivity contribution in [2.45, 2.75) is 26.3 Å². The Balaban J connectivity index is 2.41. The number of thiophene rings is 1. The molecule has 0 radical (unpaired) electrons. The van der Waals surface area contributed by atoms with Crippen LogP contribution in [-0.4, -0.2) is 6.54 Å². The Morgan fingerprint density at radius 2 is 2.00 bits per heavy atom. The predicted octanol–water partition coefficient (Wildman–Crippen LogP) is 5.19. The molecule has 0 amide bonds. The summed E-state index contributed by atoms with van der Waals surface area (Å²) < 4.78 is 27.6. The predicted molar refractivity (Wildman–Crippen MR) is 83.3 cm³/mol. The summed E-state index contributed by atoms with van der Waals surface area (Å²) in [5, 5.41) is 3.39. The van der Waals surface area contributed by atoms with Crippen LogP contribution in [0, 0.1) is 18.6 Å². The Morgan fingerprint density at radius 3 is 2.55 bits per heavy atom. The fourth-order valence-corrected chi connectivity index (χ4v) is 4.02. The van der Waals surface area contributed by atoms with Gasteiger partial charge in [0.1, 0.15) is 0 Å². The third-order valence-corrected chi connectivity index (χ3v) is 5.01. The number of rotatable bonds is 5. The van der Waals surface area contributed by atoms with Gasteiger partial charge in [-0.1, -0.05) is 13.0 Å². The van der Waals surface area contributed by atoms with Gasteiger partial charge in [-0.05, 0) is 59.6 Å². The van der Waals surface area contributed by atoms with Crippen LogP contribution in [0.4, 0.5) is 8.78 Å². The molecule has 0 saturated carbocycles. The first-order valence-corrected chi connectivity index (χ1v) is 8.08. The van der Waals surface area contributed by atoms with Crippen LogP contribution in [0.3, 0.4) is 0 Å². The summed E-state index contributed by atoms with van der Waals surface area (Å²) >= 11 is 5.19. The van der Waals surface area contributed by atoms with Crippen LogP contribution >= 0.6 is 27.3 Å².